The summed E-state index contributed by atoms with van der Waals surface area (Å²) >= 11 is 0. The van der Waals surface area contributed by atoms with E-state index >= 15 is 0 Å². The van der Waals surface area contributed by atoms with Crippen molar-refractivity contribution >= 4 is 15.9 Å². The summed E-state index contributed by atoms with van der Waals surface area (Å²) in [4.78, 5) is 14.8. The van der Waals surface area contributed by atoms with Gasteiger partial charge in [-0.3, -0.25) is 4.79 Å². The smallest absolute Gasteiger partial charge is 0.254 e. The average molecular weight is 410 g/mol. The van der Waals surface area contributed by atoms with Crippen molar-refractivity contribution in [1.29, 1.82) is 5.26 Å². The van der Waals surface area contributed by atoms with E-state index in [9.17, 15) is 13.2 Å². The highest BCUT2D eigenvalue weighted by molar-refractivity contribution is 7.89. The molecule has 2 aromatic rings. The maximum Gasteiger partial charge on any atom is 0.254 e. The fraction of sp³-hybridized carbons (Fsp3) is 0.273. The molecule has 6 nitrogen and oxygen atoms in total. The van der Waals surface area contributed by atoms with E-state index in [1.165, 1.54) is 16.4 Å². The zero-order valence-electron chi connectivity index (χ0n) is 16.1. The Morgan fingerprint density at radius 3 is 2.48 bits per heavy atom. The largest absolute Gasteiger partial charge is 0.331 e. The van der Waals surface area contributed by atoms with E-state index in [-0.39, 0.29) is 10.8 Å². The molecule has 1 heterocycles. The molecule has 0 spiro atoms. The number of nitriles is 1. The Hall–Kier alpha value is -2.95. The summed E-state index contributed by atoms with van der Waals surface area (Å²) in [5, 5.41) is 8.92. The van der Waals surface area contributed by atoms with Crippen LogP contribution in [-0.2, 0) is 16.6 Å². The Morgan fingerprint density at radius 2 is 1.86 bits per heavy atom. The molecule has 0 aliphatic carbocycles. The summed E-state index contributed by atoms with van der Waals surface area (Å²) in [7, 11) is -3.59. The summed E-state index contributed by atoms with van der Waals surface area (Å²) in [5.74, 6) is -0.271. The number of amides is 1. The third kappa shape index (κ3) is 4.73. The maximum absolute atomic E-state index is 13.1. The maximum atomic E-state index is 13.1. The molecule has 1 amide bonds. The van der Waals surface area contributed by atoms with Crippen LogP contribution >= 0.6 is 0 Å². The Morgan fingerprint density at radius 1 is 1.17 bits per heavy atom. The summed E-state index contributed by atoms with van der Waals surface area (Å²) in [6, 6.07) is 15.3. The molecule has 1 aliphatic rings. The molecule has 0 aromatic heterocycles. The van der Waals surface area contributed by atoms with Crippen LogP contribution in [-0.4, -0.2) is 43.2 Å². The van der Waals surface area contributed by atoms with Crippen molar-refractivity contribution in [3.63, 3.8) is 0 Å². The van der Waals surface area contributed by atoms with Crippen LogP contribution in [0.25, 0.3) is 0 Å². The number of hydrogen-bond acceptors (Lipinski definition) is 4. The van der Waals surface area contributed by atoms with Crippen molar-refractivity contribution in [2.45, 2.75) is 24.3 Å². The van der Waals surface area contributed by atoms with Crippen molar-refractivity contribution < 1.29 is 13.2 Å². The highest BCUT2D eigenvalue weighted by Gasteiger charge is 2.28. The zero-order chi connectivity index (χ0) is 20.9. The second-order valence-corrected chi connectivity index (χ2v) is 8.86. The Balaban J connectivity index is 1.84. The minimum absolute atomic E-state index is 0.141. The van der Waals surface area contributed by atoms with Crippen LogP contribution in [0.3, 0.4) is 0 Å². The Bertz CT molecular complexity index is 1030. The van der Waals surface area contributed by atoms with E-state index in [1.54, 1.807) is 47.4 Å². The minimum Gasteiger partial charge on any atom is -0.331 e. The van der Waals surface area contributed by atoms with Crippen molar-refractivity contribution in [3.8, 4) is 6.07 Å². The fourth-order valence-corrected chi connectivity index (χ4v) is 4.89. The zero-order valence-corrected chi connectivity index (χ0v) is 16.9. The molecule has 1 fully saturated rings. The van der Waals surface area contributed by atoms with E-state index in [1.807, 2.05) is 0 Å². The quantitative estimate of drug-likeness (QED) is 0.658. The van der Waals surface area contributed by atoms with Crippen molar-refractivity contribution in [3.05, 3.63) is 77.9 Å². The average Bonchev–Trinajstić information content (AvgIpc) is 3.29. The lowest BCUT2D eigenvalue weighted by Crippen LogP contribution is -2.31. The molecule has 7 heteroatoms. The van der Waals surface area contributed by atoms with Crippen LogP contribution in [0.5, 0.6) is 0 Å². The van der Waals surface area contributed by atoms with Crippen LogP contribution in [0.15, 0.2) is 66.1 Å². The molecule has 2 aromatic carbocycles. The van der Waals surface area contributed by atoms with Crippen molar-refractivity contribution in [1.82, 2.24) is 9.21 Å². The molecule has 29 heavy (non-hydrogen) atoms. The van der Waals surface area contributed by atoms with Gasteiger partial charge in [-0.25, -0.2) is 8.42 Å². The standard InChI is InChI=1S/C22H23N3O3S/c1-2-12-24(17-19-10-8-18(16-23)9-11-19)22(26)20-6-5-7-21(15-20)29(27,28)25-13-3-4-14-25/h2,5-11,15H,1,3-4,12-14,17H2. The number of nitrogens with zero attached hydrogens (tertiary/aromatic N) is 3. The van der Waals surface area contributed by atoms with E-state index in [0.717, 1.165) is 18.4 Å². The molecule has 0 radical (unpaired) electrons. The molecule has 3 rings (SSSR count). The molecule has 1 saturated heterocycles. The second-order valence-electron chi connectivity index (χ2n) is 6.92. The lowest BCUT2D eigenvalue weighted by atomic mass is 10.1. The minimum atomic E-state index is -3.59. The molecular formula is C22H23N3O3S. The first-order valence-electron chi connectivity index (χ1n) is 9.45. The van der Waals surface area contributed by atoms with Gasteiger partial charge in [0.1, 0.15) is 0 Å². The van der Waals surface area contributed by atoms with Crippen molar-refractivity contribution in [2.24, 2.45) is 0 Å². The van der Waals surface area contributed by atoms with Gasteiger partial charge in [-0.2, -0.15) is 9.57 Å². The van der Waals surface area contributed by atoms with Gasteiger partial charge in [0.2, 0.25) is 10.0 Å². The summed E-state index contributed by atoms with van der Waals surface area (Å²) in [6.07, 6.45) is 3.34. The van der Waals surface area contributed by atoms with Gasteiger partial charge in [0.05, 0.1) is 16.5 Å². The molecule has 0 atom stereocenters. The van der Waals surface area contributed by atoms with Crippen LogP contribution in [0.1, 0.15) is 34.3 Å². The molecule has 0 N–H and O–H groups in total. The van der Waals surface area contributed by atoms with Gasteiger partial charge < -0.3 is 4.90 Å². The van der Waals surface area contributed by atoms with Gasteiger partial charge in [-0.1, -0.05) is 24.3 Å². The first-order valence-corrected chi connectivity index (χ1v) is 10.9. The Labute approximate surface area is 171 Å². The lowest BCUT2D eigenvalue weighted by Gasteiger charge is -2.22. The van der Waals surface area contributed by atoms with E-state index in [4.69, 9.17) is 5.26 Å². The first-order chi connectivity index (χ1) is 14.0. The number of carbonyl (C=O) groups is 1. The molecule has 150 valence electrons. The summed E-state index contributed by atoms with van der Waals surface area (Å²) < 4.78 is 27.1. The van der Waals surface area contributed by atoms with Crippen molar-refractivity contribution in [2.75, 3.05) is 19.6 Å². The monoisotopic (exact) mass is 409 g/mol. The first kappa shape index (κ1) is 20.8. The van der Waals surface area contributed by atoms with Gasteiger partial charge in [0, 0.05) is 31.7 Å². The predicted octanol–water partition coefficient (Wildman–Crippen LogP) is 3.17. The second kappa shape index (κ2) is 9.03. The molecule has 0 saturated carbocycles. The van der Waals surface area contributed by atoms with Gasteiger partial charge in [-0.15, -0.1) is 6.58 Å². The SMILES string of the molecule is C=CCN(Cc1ccc(C#N)cc1)C(=O)c1cccc(S(=O)(=O)N2CCCC2)c1. The lowest BCUT2D eigenvalue weighted by molar-refractivity contribution is 0.0762. The van der Waals surface area contributed by atoms with Crippen LogP contribution in [0, 0.1) is 11.3 Å². The van der Waals surface area contributed by atoms with Gasteiger partial charge in [-0.05, 0) is 48.7 Å². The number of sulfonamides is 1. The highest BCUT2D eigenvalue weighted by atomic mass is 32.2. The number of rotatable bonds is 7. The molecule has 0 unspecified atom stereocenters. The molecule has 0 bridgehead atoms. The summed E-state index contributed by atoms with van der Waals surface area (Å²) in [6.45, 7) is 5.40. The van der Waals surface area contributed by atoms with E-state index in [0.29, 0.717) is 37.3 Å². The van der Waals surface area contributed by atoms with Crippen LogP contribution in [0.2, 0.25) is 0 Å². The number of benzene rings is 2. The summed E-state index contributed by atoms with van der Waals surface area (Å²) in [5.41, 5.74) is 1.75. The van der Waals surface area contributed by atoms with Gasteiger partial charge >= 0.3 is 0 Å². The predicted molar refractivity (Wildman–Crippen MR) is 111 cm³/mol. The normalized spacial score (nSPS) is 14.3. The highest BCUT2D eigenvalue weighted by Crippen LogP contribution is 2.22. The Kier molecular flexibility index (Phi) is 6.47. The third-order valence-electron chi connectivity index (χ3n) is 4.88. The third-order valence-corrected chi connectivity index (χ3v) is 6.77. The topological polar surface area (TPSA) is 81.5 Å². The van der Waals surface area contributed by atoms with E-state index in [2.05, 4.69) is 12.6 Å². The van der Waals surface area contributed by atoms with E-state index < -0.39 is 10.0 Å². The molecule has 1 aliphatic heterocycles. The molecular weight excluding hydrogens is 386 g/mol. The van der Waals surface area contributed by atoms with Crippen LogP contribution in [0.4, 0.5) is 0 Å². The fourth-order valence-electron chi connectivity index (χ4n) is 3.33. The van der Waals surface area contributed by atoms with Crippen LogP contribution < -0.4 is 0 Å². The number of hydrogen-bond donors (Lipinski definition) is 0. The number of carbonyl (C=O) groups excluding carboxylic acids is 1. The van der Waals surface area contributed by atoms with Gasteiger partial charge in [0.15, 0.2) is 0 Å². The van der Waals surface area contributed by atoms with Gasteiger partial charge in [0.25, 0.3) is 5.91 Å².